The normalized spacial score (nSPS) is 15.7. The number of aliphatic hydroxyl groups is 1. The number of aromatic nitrogens is 2. The van der Waals surface area contributed by atoms with Crippen molar-refractivity contribution in [1.29, 1.82) is 0 Å². The molecule has 4 aromatic rings. The number of halogens is 1. The van der Waals surface area contributed by atoms with E-state index in [1.54, 1.807) is 19.4 Å². The van der Waals surface area contributed by atoms with Gasteiger partial charge in [-0.1, -0.05) is 24.4 Å². The second kappa shape index (κ2) is 10.7. The number of rotatable bonds is 8. The van der Waals surface area contributed by atoms with Crippen LogP contribution in [0.5, 0.6) is 11.5 Å². The number of nitrogens with zero attached hydrogens (tertiary/aromatic N) is 3. The molecule has 8 nitrogen and oxygen atoms in total. The number of benzene rings is 2. The van der Waals surface area contributed by atoms with Gasteiger partial charge in [0.2, 0.25) is 0 Å². The predicted molar refractivity (Wildman–Crippen MR) is 137 cm³/mol. The van der Waals surface area contributed by atoms with E-state index in [1.165, 1.54) is 32.0 Å². The van der Waals surface area contributed by atoms with Gasteiger partial charge in [0.25, 0.3) is 0 Å². The van der Waals surface area contributed by atoms with E-state index in [0.29, 0.717) is 45.7 Å². The Balaban J connectivity index is 1.36. The van der Waals surface area contributed by atoms with E-state index < -0.39 is 6.10 Å². The zero-order valence-corrected chi connectivity index (χ0v) is 20.4. The topological polar surface area (TPSA) is 92.9 Å². The smallest absolute Gasteiger partial charge is 0.163 e. The van der Waals surface area contributed by atoms with Crippen LogP contribution in [0.1, 0.15) is 25.7 Å². The van der Waals surface area contributed by atoms with Crippen molar-refractivity contribution in [2.75, 3.05) is 38.7 Å². The molecule has 3 heterocycles. The lowest BCUT2D eigenvalue weighted by atomic mass is 10.2. The van der Waals surface area contributed by atoms with Crippen molar-refractivity contribution in [2.24, 2.45) is 0 Å². The number of ether oxygens (including phenoxy) is 2. The van der Waals surface area contributed by atoms with Gasteiger partial charge in [0.05, 0.1) is 23.9 Å². The first kappa shape index (κ1) is 23.7. The summed E-state index contributed by atoms with van der Waals surface area (Å²) in [6.45, 7) is 2.83. The molecule has 5 rings (SSSR count). The quantitative estimate of drug-likeness (QED) is 0.335. The second-order valence-corrected chi connectivity index (χ2v) is 9.22. The van der Waals surface area contributed by atoms with Gasteiger partial charge in [-0.05, 0) is 50.2 Å². The highest BCUT2D eigenvalue weighted by Gasteiger charge is 2.18. The van der Waals surface area contributed by atoms with Crippen LogP contribution in [0.15, 0.2) is 47.3 Å². The molecule has 1 atom stereocenters. The third-order valence-electron chi connectivity index (χ3n) is 6.33. The lowest BCUT2D eigenvalue weighted by molar-refractivity contribution is 0.0684. The summed E-state index contributed by atoms with van der Waals surface area (Å²) in [5, 5.41) is 16.1. The Labute approximate surface area is 208 Å². The molecule has 0 amide bonds. The summed E-state index contributed by atoms with van der Waals surface area (Å²) in [7, 11) is 1.58. The van der Waals surface area contributed by atoms with Gasteiger partial charge in [0, 0.05) is 23.4 Å². The Bertz CT molecular complexity index is 1300. The van der Waals surface area contributed by atoms with E-state index >= 15 is 0 Å². The highest BCUT2D eigenvalue weighted by Crippen LogP contribution is 2.38. The first-order chi connectivity index (χ1) is 17.1. The summed E-state index contributed by atoms with van der Waals surface area (Å²) >= 11 is 6.46. The van der Waals surface area contributed by atoms with E-state index in [2.05, 4.69) is 20.2 Å². The molecule has 0 spiro atoms. The Morgan fingerprint density at radius 2 is 1.94 bits per heavy atom. The zero-order chi connectivity index (χ0) is 24.2. The van der Waals surface area contributed by atoms with Gasteiger partial charge in [-0.25, -0.2) is 9.97 Å². The predicted octanol–water partition coefficient (Wildman–Crippen LogP) is 5.40. The molecule has 1 fully saturated rings. The lowest BCUT2D eigenvalue weighted by Crippen LogP contribution is -2.36. The Kier molecular flexibility index (Phi) is 7.22. The van der Waals surface area contributed by atoms with E-state index in [-0.39, 0.29) is 6.61 Å². The number of methoxy groups -OCH3 is 1. The molecule has 0 aliphatic carbocycles. The summed E-state index contributed by atoms with van der Waals surface area (Å²) in [6, 6.07) is 9.22. The number of hydrogen-bond donors (Lipinski definition) is 2. The molecule has 1 aliphatic rings. The molecule has 9 heteroatoms. The number of hydrogen-bond acceptors (Lipinski definition) is 8. The molecule has 1 aliphatic heterocycles. The standard InChI is InChI=1S/C26H29ClN4O4/c1-33-22-12-19-21(13-23(22)35-15-18(32)14-31-9-4-2-3-5-10-31)28-16-29-26(19)30-24-20(27)7-6-17-8-11-34-25(17)24/h6-8,11-13,16,18,32H,2-5,9-10,14-15H2,1H3,(H,28,29,30). The van der Waals surface area contributed by atoms with Gasteiger partial charge in [-0.15, -0.1) is 0 Å². The molecule has 2 aromatic carbocycles. The van der Waals surface area contributed by atoms with Crippen LogP contribution in [0.3, 0.4) is 0 Å². The summed E-state index contributed by atoms with van der Waals surface area (Å²) in [5.41, 5.74) is 1.95. The molecule has 35 heavy (non-hydrogen) atoms. The van der Waals surface area contributed by atoms with Crippen molar-refractivity contribution in [1.82, 2.24) is 14.9 Å². The maximum absolute atomic E-state index is 10.6. The monoisotopic (exact) mass is 496 g/mol. The maximum Gasteiger partial charge on any atom is 0.163 e. The summed E-state index contributed by atoms with van der Waals surface area (Å²) in [4.78, 5) is 11.1. The molecule has 0 radical (unpaired) electrons. The van der Waals surface area contributed by atoms with Gasteiger partial charge in [0.1, 0.15) is 30.5 Å². The molecule has 184 valence electrons. The SMILES string of the molecule is COc1cc2c(Nc3c(Cl)ccc4ccoc34)ncnc2cc1OCC(O)CN1CCCCCC1. The Hall–Kier alpha value is -3.07. The molecule has 1 saturated heterocycles. The molecule has 0 saturated carbocycles. The van der Waals surface area contributed by atoms with Crippen molar-refractivity contribution in [3.63, 3.8) is 0 Å². The van der Waals surface area contributed by atoms with E-state index in [9.17, 15) is 5.11 Å². The van der Waals surface area contributed by atoms with Gasteiger partial charge in [-0.2, -0.15) is 0 Å². The average molecular weight is 497 g/mol. The molecular weight excluding hydrogens is 468 g/mol. The molecule has 0 bridgehead atoms. The van der Waals surface area contributed by atoms with Gasteiger partial charge in [0.15, 0.2) is 17.1 Å². The van der Waals surface area contributed by atoms with E-state index in [1.807, 2.05) is 24.3 Å². The number of anilines is 2. The number of furan rings is 1. The van der Waals surface area contributed by atoms with Crippen LogP contribution in [-0.2, 0) is 0 Å². The number of aliphatic hydroxyl groups excluding tert-OH is 1. The fourth-order valence-corrected chi connectivity index (χ4v) is 4.73. The Morgan fingerprint density at radius 1 is 1.11 bits per heavy atom. The third kappa shape index (κ3) is 5.29. The van der Waals surface area contributed by atoms with Gasteiger partial charge >= 0.3 is 0 Å². The van der Waals surface area contributed by atoms with Crippen molar-refractivity contribution in [3.8, 4) is 11.5 Å². The molecular formula is C26H29ClN4O4. The van der Waals surface area contributed by atoms with Crippen LogP contribution in [0, 0.1) is 0 Å². The number of likely N-dealkylation sites (tertiary alicyclic amines) is 1. The first-order valence-corrected chi connectivity index (χ1v) is 12.3. The minimum atomic E-state index is -0.591. The van der Waals surface area contributed by atoms with Crippen molar-refractivity contribution >= 4 is 45.0 Å². The fraction of sp³-hybridized carbons (Fsp3) is 0.385. The zero-order valence-electron chi connectivity index (χ0n) is 19.7. The maximum atomic E-state index is 10.6. The third-order valence-corrected chi connectivity index (χ3v) is 6.65. The lowest BCUT2D eigenvalue weighted by Gasteiger charge is -2.23. The van der Waals surface area contributed by atoms with Crippen LogP contribution >= 0.6 is 11.6 Å². The number of fused-ring (bicyclic) bond motifs is 2. The van der Waals surface area contributed by atoms with Crippen molar-refractivity contribution in [2.45, 2.75) is 31.8 Å². The second-order valence-electron chi connectivity index (χ2n) is 8.81. The summed E-state index contributed by atoms with van der Waals surface area (Å²) in [5.74, 6) is 1.61. The van der Waals surface area contributed by atoms with Crippen LogP contribution in [0.25, 0.3) is 21.9 Å². The molecule has 2 N–H and O–H groups in total. The van der Waals surface area contributed by atoms with E-state index in [0.717, 1.165) is 23.9 Å². The minimum absolute atomic E-state index is 0.171. The molecule has 1 unspecified atom stereocenters. The highest BCUT2D eigenvalue weighted by atomic mass is 35.5. The van der Waals surface area contributed by atoms with E-state index in [4.69, 9.17) is 25.5 Å². The summed E-state index contributed by atoms with van der Waals surface area (Å²) in [6.07, 6.45) is 7.40. The van der Waals surface area contributed by atoms with Gasteiger partial charge < -0.3 is 29.2 Å². The largest absolute Gasteiger partial charge is 0.493 e. The number of nitrogens with one attached hydrogen (secondary N) is 1. The molecule has 2 aromatic heterocycles. The van der Waals surface area contributed by atoms with Crippen LogP contribution in [0.4, 0.5) is 11.5 Å². The van der Waals surface area contributed by atoms with Crippen molar-refractivity contribution in [3.05, 3.63) is 47.9 Å². The Morgan fingerprint density at radius 3 is 2.74 bits per heavy atom. The van der Waals surface area contributed by atoms with Crippen LogP contribution in [-0.4, -0.2) is 59.4 Å². The highest BCUT2D eigenvalue weighted by molar-refractivity contribution is 6.35. The van der Waals surface area contributed by atoms with Gasteiger partial charge in [-0.3, -0.25) is 0 Å². The number of β-amino-alcohol motifs (C(OH)–C–C–N with tert-alkyl or cyclic N) is 1. The van der Waals surface area contributed by atoms with Crippen LogP contribution in [0.2, 0.25) is 5.02 Å². The minimum Gasteiger partial charge on any atom is -0.493 e. The van der Waals surface area contributed by atoms with Crippen LogP contribution < -0.4 is 14.8 Å². The first-order valence-electron chi connectivity index (χ1n) is 11.9. The average Bonchev–Trinajstić information content (AvgIpc) is 3.20. The fourth-order valence-electron chi connectivity index (χ4n) is 4.53. The van der Waals surface area contributed by atoms with Crippen molar-refractivity contribution < 1.29 is 19.0 Å². The summed E-state index contributed by atoms with van der Waals surface area (Å²) < 4.78 is 17.2.